The van der Waals surface area contributed by atoms with Crippen LogP contribution in [0.25, 0.3) is 21.3 Å². The highest BCUT2D eigenvalue weighted by Crippen LogP contribution is 2.34. The molecule has 1 aromatic heterocycles. The zero-order valence-corrected chi connectivity index (χ0v) is 26.6. The Labute approximate surface area is 256 Å². The second kappa shape index (κ2) is 14.1. The number of nitrogens with one attached hydrogen (secondary N) is 2. The smallest absolute Gasteiger partial charge is 0.245 e. The third-order valence-corrected chi connectivity index (χ3v) is 10.4. The molecule has 1 heterocycles. The average Bonchev–Trinajstić information content (AvgIpc) is 3.69. The second-order valence-corrected chi connectivity index (χ2v) is 14.9. The number of hydrogen-bond donors (Lipinski definition) is 2. The number of rotatable bonds is 16. The van der Waals surface area contributed by atoms with Gasteiger partial charge in [0, 0.05) is 32.2 Å². The van der Waals surface area contributed by atoms with E-state index < -0.39 is 21.0 Å². The van der Waals surface area contributed by atoms with Crippen LogP contribution in [0.3, 0.4) is 0 Å². The molecule has 1 fully saturated rings. The highest BCUT2D eigenvalue weighted by Gasteiger charge is 2.37. The Morgan fingerprint density at radius 3 is 2.40 bits per heavy atom. The number of amides is 2. The molecule has 0 radical (unpaired) electrons. The predicted molar refractivity (Wildman–Crippen MR) is 167 cm³/mol. The van der Waals surface area contributed by atoms with Gasteiger partial charge >= 0.3 is 0 Å². The van der Waals surface area contributed by atoms with Crippen molar-refractivity contribution in [2.24, 2.45) is 5.41 Å². The van der Waals surface area contributed by atoms with E-state index >= 15 is 0 Å². The van der Waals surface area contributed by atoms with E-state index in [0.29, 0.717) is 28.8 Å². The van der Waals surface area contributed by atoms with Gasteiger partial charge in [-0.3, -0.25) is 14.4 Å². The van der Waals surface area contributed by atoms with Crippen molar-refractivity contribution in [2.45, 2.75) is 50.8 Å². The summed E-state index contributed by atoms with van der Waals surface area (Å²) in [6, 6.07) is 13.0. The first-order chi connectivity index (χ1) is 20.4. The van der Waals surface area contributed by atoms with Crippen molar-refractivity contribution in [2.75, 3.05) is 39.7 Å². The van der Waals surface area contributed by atoms with Gasteiger partial charge in [-0.15, -0.1) is 11.3 Å². The van der Waals surface area contributed by atoms with E-state index in [1.165, 1.54) is 7.11 Å². The average molecular weight is 630 g/mol. The fourth-order valence-electron chi connectivity index (χ4n) is 4.65. The van der Waals surface area contributed by atoms with Gasteiger partial charge in [0.1, 0.15) is 5.01 Å². The van der Waals surface area contributed by atoms with Gasteiger partial charge < -0.3 is 20.1 Å². The Balaban J connectivity index is 1.52. The lowest BCUT2D eigenvalue weighted by atomic mass is 9.87. The largest absolute Gasteiger partial charge is 0.384 e. The molecule has 12 heteroatoms. The topological polar surface area (TPSA) is 141 Å². The number of nitrogens with zero attached hydrogens (tertiary/aromatic N) is 1. The number of sulfone groups is 1. The van der Waals surface area contributed by atoms with E-state index in [9.17, 15) is 22.8 Å². The van der Waals surface area contributed by atoms with Gasteiger partial charge in [0.15, 0.2) is 20.9 Å². The minimum Gasteiger partial charge on any atom is -0.384 e. The molecule has 2 N–H and O–H groups in total. The maximum atomic E-state index is 13.2. The monoisotopic (exact) mass is 629 g/mol. The standard InChI is InChI=1S/C31H39N3O7S2/c1-31(2,19-41-4)14-13-25(35)21-7-5-20(6-8-21)22-9-12-24-26(17-22)42-30(34-24)28(43(38,39)16-15-40-3)29(37)32-18-27(36)33-23-10-11-23/h5-9,12,17,23,28H,10-11,13-16,18-19H2,1-4H3,(H,32,37)(H,33,36). The predicted octanol–water partition coefficient (Wildman–Crippen LogP) is 4.10. The van der Waals surface area contributed by atoms with Gasteiger partial charge in [-0.05, 0) is 47.9 Å². The minimum absolute atomic E-state index is 0.0716. The molecule has 0 aliphatic heterocycles. The summed E-state index contributed by atoms with van der Waals surface area (Å²) in [4.78, 5) is 42.5. The molecule has 4 rings (SSSR count). The van der Waals surface area contributed by atoms with E-state index in [2.05, 4.69) is 29.5 Å². The first kappa shape index (κ1) is 32.7. The number of carbonyl (C=O) groups is 3. The quantitative estimate of drug-likeness (QED) is 0.226. The SMILES string of the molecule is COCCS(=O)(=O)C(C(=O)NCC(=O)NC1CC1)c1nc2ccc(-c3ccc(C(=O)CCC(C)(C)COC)cc3)cc2s1. The van der Waals surface area contributed by atoms with Crippen molar-refractivity contribution >= 4 is 49.0 Å². The molecular weight excluding hydrogens is 590 g/mol. The molecule has 0 saturated heterocycles. The van der Waals surface area contributed by atoms with Crippen molar-refractivity contribution in [1.82, 2.24) is 15.6 Å². The number of thiazole rings is 1. The van der Waals surface area contributed by atoms with Gasteiger partial charge in [-0.1, -0.05) is 44.2 Å². The number of ketones is 1. The molecule has 10 nitrogen and oxygen atoms in total. The van der Waals surface area contributed by atoms with Crippen LogP contribution in [0.2, 0.25) is 0 Å². The third kappa shape index (κ3) is 8.91. The molecule has 1 aliphatic carbocycles. The second-order valence-electron chi connectivity index (χ2n) is 11.6. The fraction of sp³-hybridized carbons (Fsp3) is 0.484. The van der Waals surface area contributed by atoms with E-state index in [-0.39, 0.29) is 47.1 Å². The number of Topliss-reactive ketones (excluding diaryl/α,β-unsaturated/α-hetero) is 1. The summed E-state index contributed by atoms with van der Waals surface area (Å²) >= 11 is 1.12. The Morgan fingerprint density at radius 2 is 1.74 bits per heavy atom. The van der Waals surface area contributed by atoms with E-state index in [1.54, 1.807) is 13.2 Å². The van der Waals surface area contributed by atoms with E-state index in [0.717, 1.165) is 41.7 Å². The normalized spacial score (nSPS) is 14.4. The first-order valence-corrected chi connectivity index (χ1v) is 16.8. The highest BCUT2D eigenvalue weighted by molar-refractivity contribution is 7.92. The maximum Gasteiger partial charge on any atom is 0.245 e. The number of fused-ring (bicyclic) bond motifs is 1. The summed E-state index contributed by atoms with van der Waals surface area (Å²) in [5.41, 5.74) is 2.86. The van der Waals surface area contributed by atoms with Crippen LogP contribution in [0.4, 0.5) is 0 Å². The van der Waals surface area contributed by atoms with Gasteiger partial charge in [-0.2, -0.15) is 0 Å². The van der Waals surface area contributed by atoms with Crippen LogP contribution in [0, 0.1) is 5.41 Å². The number of methoxy groups -OCH3 is 2. The molecule has 1 atom stereocenters. The lowest BCUT2D eigenvalue weighted by Crippen LogP contribution is -2.41. The first-order valence-electron chi connectivity index (χ1n) is 14.2. The lowest BCUT2D eigenvalue weighted by Gasteiger charge is -2.22. The number of hydrogen-bond acceptors (Lipinski definition) is 9. The molecule has 232 valence electrons. The van der Waals surface area contributed by atoms with Gasteiger partial charge in [0.05, 0.1) is 35.7 Å². The van der Waals surface area contributed by atoms with Crippen molar-refractivity contribution in [1.29, 1.82) is 0 Å². The number of aromatic nitrogens is 1. The van der Waals surface area contributed by atoms with Crippen LogP contribution in [0.5, 0.6) is 0 Å². The summed E-state index contributed by atoms with van der Waals surface area (Å²) in [5, 5.41) is 3.80. The molecule has 0 spiro atoms. The minimum atomic E-state index is -4.00. The summed E-state index contributed by atoms with van der Waals surface area (Å²) in [6.07, 6.45) is 2.95. The molecule has 2 amide bonds. The molecule has 0 bridgehead atoms. The van der Waals surface area contributed by atoms with Crippen molar-refractivity contribution < 1.29 is 32.3 Å². The van der Waals surface area contributed by atoms with Gasteiger partial charge in [-0.25, -0.2) is 13.4 Å². The molecular formula is C31H39N3O7S2. The van der Waals surface area contributed by atoms with Crippen molar-refractivity contribution in [3.8, 4) is 11.1 Å². The number of benzene rings is 2. The van der Waals surface area contributed by atoms with E-state index in [4.69, 9.17) is 9.47 Å². The summed E-state index contributed by atoms with van der Waals surface area (Å²) in [6.45, 7) is 4.35. The molecule has 3 aromatic rings. The summed E-state index contributed by atoms with van der Waals surface area (Å²) in [5.74, 6) is -1.46. The zero-order valence-electron chi connectivity index (χ0n) is 25.0. The Bertz CT molecular complexity index is 1560. The summed E-state index contributed by atoms with van der Waals surface area (Å²) < 4.78 is 37.4. The zero-order chi connectivity index (χ0) is 31.2. The maximum absolute atomic E-state index is 13.2. The fourth-order valence-corrected chi connectivity index (χ4v) is 7.63. The Hall–Kier alpha value is -3.19. The number of carbonyl (C=O) groups excluding carboxylic acids is 3. The lowest BCUT2D eigenvalue weighted by molar-refractivity contribution is -0.126. The number of ether oxygens (including phenoxy) is 2. The van der Waals surface area contributed by atoms with E-state index in [1.807, 2.05) is 36.4 Å². The van der Waals surface area contributed by atoms with Crippen LogP contribution < -0.4 is 10.6 Å². The van der Waals surface area contributed by atoms with Crippen molar-refractivity contribution in [3.63, 3.8) is 0 Å². The molecule has 43 heavy (non-hydrogen) atoms. The van der Waals surface area contributed by atoms with Crippen LogP contribution in [0.1, 0.15) is 60.1 Å². The summed E-state index contributed by atoms with van der Waals surface area (Å²) in [7, 11) is -0.950. The third-order valence-electron chi connectivity index (χ3n) is 7.27. The van der Waals surface area contributed by atoms with Gasteiger partial charge in [0.25, 0.3) is 0 Å². The Morgan fingerprint density at radius 1 is 1.05 bits per heavy atom. The highest BCUT2D eigenvalue weighted by atomic mass is 32.2. The van der Waals surface area contributed by atoms with Crippen molar-refractivity contribution in [3.05, 3.63) is 53.0 Å². The van der Waals surface area contributed by atoms with Crippen LogP contribution in [0.15, 0.2) is 42.5 Å². The molecule has 1 aliphatic rings. The van der Waals surface area contributed by atoms with Crippen LogP contribution >= 0.6 is 11.3 Å². The molecule has 1 saturated carbocycles. The van der Waals surface area contributed by atoms with Crippen LogP contribution in [-0.4, -0.2) is 76.8 Å². The van der Waals surface area contributed by atoms with Crippen LogP contribution in [-0.2, 0) is 28.9 Å². The Kier molecular flexibility index (Phi) is 10.7. The molecule has 1 unspecified atom stereocenters. The van der Waals surface area contributed by atoms with Gasteiger partial charge in [0.2, 0.25) is 11.8 Å². The molecule has 2 aromatic carbocycles.